The molecule has 3 heteroatoms. The lowest BCUT2D eigenvalue weighted by atomic mass is 9.70. The molecular formula is C13H23NO2. The van der Waals surface area contributed by atoms with Gasteiger partial charge in [-0.25, -0.2) is 0 Å². The fourth-order valence-electron chi connectivity index (χ4n) is 3.67. The predicted octanol–water partition coefficient (Wildman–Crippen LogP) is 2.51. The Hall–Kier alpha value is -0.570. The summed E-state index contributed by atoms with van der Waals surface area (Å²) in [5, 5.41) is 9.18. The van der Waals surface area contributed by atoms with E-state index in [4.69, 9.17) is 0 Å². The second kappa shape index (κ2) is 4.74. The highest BCUT2D eigenvalue weighted by molar-refractivity contribution is 5.68. The van der Waals surface area contributed by atoms with Crippen LogP contribution >= 0.6 is 0 Å². The molecule has 0 amide bonds. The van der Waals surface area contributed by atoms with E-state index in [0.29, 0.717) is 12.3 Å². The quantitative estimate of drug-likeness (QED) is 0.802. The second-order valence-corrected chi connectivity index (χ2v) is 5.52. The van der Waals surface area contributed by atoms with Gasteiger partial charge >= 0.3 is 5.97 Å². The summed E-state index contributed by atoms with van der Waals surface area (Å²) in [5.41, 5.74) is -0.0272. The Morgan fingerprint density at radius 2 is 2.00 bits per heavy atom. The maximum absolute atomic E-state index is 11.1. The van der Waals surface area contributed by atoms with Crippen molar-refractivity contribution in [3.8, 4) is 0 Å². The van der Waals surface area contributed by atoms with Gasteiger partial charge in [-0.05, 0) is 44.7 Å². The number of carboxylic acids is 1. The second-order valence-electron chi connectivity index (χ2n) is 5.52. The molecule has 1 aliphatic heterocycles. The van der Waals surface area contributed by atoms with Gasteiger partial charge in [-0.2, -0.15) is 0 Å². The van der Waals surface area contributed by atoms with Gasteiger partial charge in [0.15, 0.2) is 0 Å². The number of hydrogen-bond acceptors (Lipinski definition) is 2. The Kier molecular flexibility index (Phi) is 3.53. The summed E-state index contributed by atoms with van der Waals surface area (Å²) < 4.78 is 0. The molecule has 2 unspecified atom stereocenters. The highest BCUT2D eigenvalue weighted by Gasteiger charge is 2.45. The Morgan fingerprint density at radius 1 is 1.31 bits per heavy atom. The molecule has 2 fully saturated rings. The van der Waals surface area contributed by atoms with Gasteiger partial charge in [0.05, 0.1) is 6.42 Å². The maximum atomic E-state index is 11.1. The average Bonchev–Trinajstić information content (AvgIpc) is 2.74. The number of likely N-dealkylation sites (tertiary alicyclic amines) is 1. The van der Waals surface area contributed by atoms with Crippen molar-refractivity contribution in [1.29, 1.82) is 0 Å². The van der Waals surface area contributed by atoms with E-state index in [9.17, 15) is 9.90 Å². The third kappa shape index (κ3) is 2.10. The number of aliphatic carboxylic acids is 1. The van der Waals surface area contributed by atoms with Crippen molar-refractivity contribution in [2.24, 2.45) is 5.92 Å². The van der Waals surface area contributed by atoms with Crippen LogP contribution in [0.5, 0.6) is 0 Å². The van der Waals surface area contributed by atoms with Gasteiger partial charge in [0.2, 0.25) is 0 Å². The molecule has 0 radical (unpaired) electrons. The predicted molar refractivity (Wildman–Crippen MR) is 63.4 cm³/mol. The Labute approximate surface area is 97.8 Å². The molecule has 3 nitrogen and oxygen atoms in total. The van der Waals surface area contributed by atoms with Gasteiger partial charge in [-0.3, -0.25) is 9.69 Å². The molecule has 0 aromatic rings. The number of rotatable bonds is 3. The molecule has 1 aliphatic carbocycles. The standard InChI is InChI=1S/C13H23NO2/c1-11-6-2-3-7-13(11,10-12(15)16)14-8-4-5-9-14/h11H,2-10H2,1H3,(H,15,16). The van der Waals surface area contributed by atoms with Crippen LogP contribution in [0.2, 0.25) is 0 Å². The van der Waals surface area contributed by atoms with Crippen molar-refractivity contribution < 1.29 is 9.90 Å². The fraction of sp³-hybridized carbons (Fsp3) is 0.923. The number of carbonyl (C=O) groups is 1. The van der Waals surface area contributed by atoms with Crippen molar-refractivity contribution in [3.63, 3.8) is 0 Å². The number of nitrogens with zero attached hydrogens (tertiary/aromatic N) is 1. The number of hydrogen-bond donors (Lipinski definition) is 1. The monoisotopic (exact) mass is 225 g/mol. The first-order chi connectivity index (χ1) is 7.65. The molecule has 16 heavy (non-hydrogen) atoms. The summed E-state index contributed by atoms with van der Waals surface area (Å²) in [6.07, 6.45) is 7.59. The van der Waals surface area contributed by atoms with Crippen LogP contribution < -0.4 is 0 Å². The van der Waals surface area contributed by atoms with Crippen LogP contribution in [0.15, 0.2) is 0 Å². The largest absolute Gasteiger partial charge is 0.481 e. The summed E-state index contributed by atoms with van der Waals surface area (Å²) in [4.78, 5) is 13.6. The van der Waals surface area contributed by atoms with Crippen LogP contribution in [0.25, 0.3) is 0 Å². The van der Waals surface area contributed by atoms with Crippen molar-refractivity contribution >= 4 is 5.97 Å². The molecule has 1 saturated carbocycles. The summed E-state index contributed by atoms with van der Waals surface area (Å²) in [7, 11) is 0. The first-order valence-electron chi connectivity index (χ1n) is 6.62. The van der Waals surface area contributed by atoms with E-state index in [1.807, 2.05) is 0 Å². The Morgan fingerprint density at radius 3 is 2.56 bits per heavy atom. The highest BCUT2D eigenvalue weighted by atomic mass is 16.4. The van der Waals surface area contributed by atoms with Gasteiger partial charge in [0.1, 0.15) is 0 Å². The third-order valence-corrected chi connectivity index (χ3v) is 4.61. The minimum absolute atomic E-state index is 0.0272. The van der Waals surface area contributed by atoms with Crippen molar-refractivity contribution in [1.82, 2.24) is 4.90 Å². The minimum Gasteiger partial charge on any atom is -0.481 e. The van der Waals surface area contributed by atoms with E-state index in [-0.39, 0.29) is 5.54 Å². The summed E-state index contributed by atoms with van der Waals surface area (Å²) in [6.45, 7) is 4.47. The highest BCUT2D eigenvalue weighted by Crippen LogP contribution is 2.42. The van der Waals surface area contributed by atoms with Gasteiger partial charge in [-0.15, -0.1) is 0 Å². The zero-order valence-electron chi connectivity index (χ0n) is 10.2. The van der Waals surface area contributed by atoms with Crippen LogP contribution in [0, 0.1) is 5.92 Å². The number of carboxylic acid groups (broad SMARTS) is 1. The van der Waals surface area contributed by atoms with E-state index in [1.54, 1.807) is 0 Å². The smallest absolute Gasteiger partial charge is 0.305 e. The van der Waals surface area contributed by atoms with E-state index in [1.165, 1.54) is 32.1 Å². The zero-order chi connectivity index (χ0) is 11.6. The molecule has 1 N–H and O–H groups in total. The molecule has 0 aromatic heterocycles. The van der Waals surface area contributed by atoms with Crippen LogP contribution in [-0.2, 0) is 4.79 Å². The lowest BCUT2D eigenvalue weighted by molar-refractivity contribution is -0.142. The topological polar surface area (TPSA) is 40.5 Å². The average molecular weight is 225 g/mol. The SMILES string of the molecule is CC1CCCCC1(CC(=O)O)N1CCCC1. The van der Waals surface area contributed by atoms with Crippen LogP contribution in [-0.4, -0.2) is 34.6 Å². The normalized spacial score (nSPS) is 36.4. The molecule has 92 valence electrons. The first kappa shape index (κ1) is 11.9. The Bertz CT molecular complexity index is 261. The minimum atomic E-state index is -0.624. The van der Waals surface area contributed by atoms with Crippen molar-refractivity contribution in [3.05, 3.63) is 0 Å². The summed E-state index contributed by atoms with van der Waals surface area (Å²) >= 11 is 0. The molecule has 0 bridgehead atoms. The summed E-state index contributed by atoms with van der Waals surface area (Å²) in [5.74, 6) is -0.0869. The maximum Gasteiger partial charge on any atom is 0.305 e. The molecule has 2 rings (SSSR count). The fourth-order valence-corrected chi connectivity index (χ4v) is 3.67. The molecule has 2 atom stereocenters. The van der Waals surface area contributed by atoms with Gasteiger partial charge in [-0.1, -0.05) is 19.8 Å². The Balaban J connectivity index is 2.18. The van der Waals surface area contributed by atoms with E-state index in [0.717, 1.165) is 19.5 Å². The van der Waals surface area contributed by atoms with Crippen LogP contribution in [0.3, 0.4) is 0 Å². The molecule has 2 aliphatic rings. The first-order valence-corrected chi connectivity index (χ1v) is 6.62. The van der Waals surface area contributed by atoms with E-state index in [2.05, 4.69) is 11.8 Å². The van der Waals surface area contributed by atoms with Gasteiger partial charge in [0.25, 0.3) is 0 Å². The lowest BCUT2D eigenvalue weighted by Gasteiger charge is -2.48. The lowest BCUT2D eigenvalue weighted by Crippen LogP contribution is -2.54. The van der Waals surface area contributed by atoms with E-state index < -0.39 is 5.97 Å². The van der Waals surface area contributed by atoms with Gasteiger partial charge in [0, 0.05) is 5.54 Å². The van der Waals surface area contributed by atoms with Crippen LogP contribution in [0.1, 0.15) is 51.9 Å². The third-order valence-electron chi connectivity index (χ3n) is 4.61. The van der Waals surface area contributed by atoms with Crippen molar-refractivity contribution in [2.45, 2.75) is 57.4 Å². The van der Waals surface area contributed by atoms with Crippen LogP contribution in [0.4, 0.5) is 0 Å². The molecular weight excluding hydrogens is 202 g/mol. The molecule has 0 aromatic carbocycles. The van der Waals surface area contributed by atoms with Gasteiger partial charge < -0.3 is 5.11 Å². The summed E-state index contributed by atoms with van der Waals surface area (Å²) in [6, 6.07) is 0. The molecule has 1 saturated heterocycles. The van der Waals surface area contributed by atoms with Crippen molar-refractivity contribution in [2.75, 3.05) is 13.1 Å². The zero-order valence-corrected chi connectivity index (χ0v) is 10.2. The molecule has 0 spiro atoms. The van der Waals surface area contributed by atoms with E-state index >= 15 is 0 Å². The molecule has 1 heterocycles.